The lowest BCUT2D eigenvalue weighted by Gasteiger charge is -2.17. The third-order valence-electron chi connectivity index (χ3n) is 5.01. The van der Waals surface area contributed by atoms with Gasteiger partial charge in [0.05, 0.1) is 18.4 Å². The number of carbonyl (C=O) groups is 1. The van der Waals surface area contributed by atoms with Crippen molar-refractivity contribution in [3.8, 4) is 28.6 Å². The lowest BCUT2D eigenvalue weighted by molar-refractivity contribution is 0.102. The topological polar surface area (TPSA) is 86.2 Å². The van der Waals surface area contributed by atoms with Gasteiger partial charge in [-0.3, -0.25) is 4.79 Å². The van der Waals surface area contributed by atoms with Gasteiger partial charge in [0.2, 0.25) is 5.88 Å². The van der Waals surface area contributed by atoms with Crippen LogP contribution in [0.25, 0.3) is 11.3 Å². The minimum absolute atomic E-state index is 0.235. The summed E-state index contributed by atoms with van der Waals surface area (Å²) in [4.78, 5) is 25.5. The second-order valence-electron chi connectivity index (χ2n) is 7.12. The van der Waals surface area contributed by atoms with Crippen LogP contribution in [0.4, 0.5) is 5.69 Å². The molecule has 0 saturated heterocycles. The van der Waals surface area contributed by atoms with Crippen molar-refractivity contribution < 1.29 is 14.3 Å². The van der Waals surface area contributed by atoms with E-state index in [9.17, 15) is 4.79 Å². The first-order chi connectivity index (χ1) is 15.6. The van der Waals surface area contributed by atoms with Gasteiger partial charge in [-0.1, -0.05) is 12.1 Å². The Morgan fingerprint density at radius 3 is 2.62 bits per heavy atom. The highest BCUT2D eigenvalue weighted by atomic mass is 16.5. The van der Waals surface area contributed by atoms with Crippen LogP contribution in [0, 0.1) is 13.8 Å². The number of nitrogens with one attached hydrogen (secondary N) is 1. The van der Waals surface area contributed by atoms with Crippen molar-refractivity contribution in [3.05, 3.63) is 90.0 Å². The van der Waals surface area contributed by atoms with E-state index in [1.54, 1.807) is 49.8 Å². The molecule has 0 spiro atoms. The number of carbonyl (C=O) groups excluding carboxylic acids is 1. The molecule has 0 aliphatic carbocycles. The summed E-state index contributed by atoms with van der Waals surface area (Å²) in [6.07, 6.45) is 4.82. The molecular weight excluding hydrogens is 404 g/mol. The number of amides is 1. The number of methoxy groups -OCH3 is 1. The molecule has 2 heterocycles. The van der Waals surface area contributed by atoms with E-state index in [2.05, 4.69) is 20.3 Å². The fourth-order valence-electron chi connectivity index (χ4n) is 3.29. The summed E-state index contributed by atoms with van der Waals surface area (Å²) in [5.74, 6) is 1.44. The summed E-state index contributed by atoms with van der Waals surface area (Å²) in [6, 6.07) is 16.3. The lowest BCUT2D eigenvalue weighted by atomic mass is 10.1. The first-order valence-corrected chi connectivity index (χ1v) is 10.0. The summed E-state index contributed by atoms with van der Waals surface area (Å²) in [5.41, 5.74) is 4.32. The van der Waals surface area contributed by atoms with E-state index in [4.69, 9.17) is 9.47 Å². The third-order valence-corrected chi connectivity index (χ3v) is 5.01. The van der Waals surface area contributed by atoms with Gasteiger partial charge in [-0.2, -0.15) is 0 Å². The zero-order chi connectivity index (χ0) is 22.5. The Balaban J connectivity index is 1.65. The van der Waals surface area contributed by atoms with Crippen LogP contribution >= 0.6 is 0 Å². The van der Waals surface area contributed by atoms with Crippen LogP contribution < -0.4 is 14.8 Å². The molecule has 32 heavy (non-hydrogen) atoms. The van der Waals surface area contributed by atoms with Gasteiger partial charge in [0.15, 0.2) is 0 Å². The Morgan fingerprint density at radius 2 is 1.84 bits per heavy atom. The van der Waals surface area contributed by atoms with Gasteiger partial charge < -0.3 is 14.8 Å². The molecule has 0 saturated carbocycles. The number of ether oxygens (including phenoxy) is 2. The Morgan fingerprint density at radius 1 is 0.969 bits per heavy atom. The smallest absolute Gasteiger partial charge is 0.255 e. The zero-order valence-electron chi connectivity index (χ0n) is 18.0. The number of nitrogens with zero attached hydrogens (tertiary/aromatic N) is 3. The monoisotopic (exact) mass is 426 g/mol. The second-order valence-corrected chi connectivity index (χ2v) is 7.12. The maximum Gasteiger partial charge on any atom is 0.255 e. The van der Waals surface area contributed by atoms with E-state index >= 15 is 0 Å². The summed E-state index contributed by atoms with van der Waals surface area (Å²) in [6.45, 7) is 3.85. The van der Waals surface area contributed by atoms with Gasteiger partial charge in [0.25, 0.3) is 5.91 Å². The molecule has 4 rings (SSSR count). The van der Waals surface area contributed by atoms with E-state index in [-0.39, 0.29) is 5.91 Å². The normalized spacial score (nSPS) is 10.5. The van der Waals surface area contributed by atoms with E-state index in [0.29, 0.717) is 34.3 Å². The van der Waals surface area contributed by atoms with Crippen LogP contribution in [0.3, 0.4) is 0 Å². The largest absolute Gasteiger partial charge is 0.497 e. The molecular formula is C25H22N4O3. The Kier molecular flexibility index (Phi) is 6.07. The molecule has 160 valence electrons. The standard InChI is InChI=1S/C25H22N4O3/c1-16-9-10-21(29-24(30)18-6-4-7-19(14-18)31-3)17(2)23(16)32-25-20(8-5-12-27-25)22-11-13-26-15-28-22/h4-15H,1-3H3,(H,29,30). The van der Waals surface area contributed by atoms with Gasteiger partial charge in [0.1, 0.15) is 17.8 Å². The maximum atomic E-state index is 12.8. The maximum absolute atomic E-state index is 12.8. The van der Waals surface area contributed by atoms with Crippen molar-refractivity contribution >= 4 is 11.6 Å². The Hall–Kier alpha value is -4.26. The number of aromatic nitrogens is 3. The minimum Gasteiger partial charge on any atom is -0.497 e. The zero-order valence-corrected chi connectivity index (χ0v) is 18.0. The highest BCUT2D eigenvalue weighted by Crippen LogP contribution is 2.36. The minimum atomic E-state index is -0.235. The second kappa shape index (κ2) is 9.26. The fraction of sp³-hybridized carbons (Fsp3) is 0.120. The number of benzene rings is 2. The molecule has 0 bridgehead atoms. The van der Waals surface area contributed by atoms with Gasteiger partial charge >= 0.3 is 0 Å². The number of rotatable bonds is 6. The average Bonchev–Trinajstić information content (AvgIpc) is 2.84. The SMILES string of the molecule is COc1cccc(C(=O)Nc2ccc(C)c(Oc3ncccc3-c3ccncn3)c2C)c1. The van der Waals surface area contributed by atoms with Crippen LogP contribution in [0.2, 0.25) is 0 Å². The van der Waals surface area contributed by atoms with Gasteiger partial charge in [-0.15, -0.1) is 0 Å². The fourth-order valence-corrected chi connectivity index (χ4v) is 3.29. The molecule has 0 radical (unpaired) electrons. The molecule has 7 nitrogen and oxygen atoms in total. The van der Waals surface area contributed by atoms with Crippen LogP contribution in [0.15, 0.2) is 73.3 Å². The molecule has 0 atom stereocenters. The predicted molar refractivity (Wildman–Crippen MR) is 122 cm³/mol. The molecule has 0 unspecified atom stereocenters. The van der Waals surface area contributed by atoms with Crippen LogP contribution in [0.1, 0.15) is 21.5 Å². The number of hydrogen-bond donors (Lipinski definition) is 1. The molecule has 1 N–H and O–H groups in total. The summed E-state index contributed by atoms with van der Waals surface area (Å²) in [5, 5.41) is 2.96. The molecule has 4 aromatic rings. The van der Waals surface area contributed by atoms with E-state index in [1.165, 1.54) is 6.33 Å². The molecule has 2 aromatic heterocycles. The van der Waals surface area contributed by atoms with Crippen molar-refractivity contribution in [1.29, 1.82) is 0 Å². The number of aryl methyl sites for hydroxylation is 1. The number of hydrogen-bond acceptors (Lipinski definition) is 6. The van der Waals surface area contributed by atoms with Crippen LogP contribution in [0.5, 0.6) is 17.4 Å². The summed E-state index contributed by atoms with van der Waals surface area (Å²) in [7, 11) is 1.57. The Labute approximate surface area is 186 Å². The number of pyridine rings is 1. The molecule has 0 aliphatic heterocycles. The van der Waals surface area contributed by atoms with Crippen molar-refractivity contribution in [2.45, 2.75) is 13.8 Å². The van der Waals surface area contributed by atoms with Gasteiger partial charge in [-0.25, -0.2) is 15.0 Å². The first kappa shape index (κ1) is 21.0. The number of anilines is 1. The van der Waals surface area contributed by atoms with Crippen molar-refractivity contribution in [2.24, 2.45) is 0 Å². The molecule has 1 amide bonds. The third kappa shape index (κ3) is 4.41. The van der Waals surface area contributed by atoms with E-state index in [0.717, 1.165) is 16.7 Å². The highest BCUT2D eigenvalue weighted by Gasteiger charge is 2.16. The van der Waals surface area contributed by atoms with Crippen molar-refractivity contribution in [3.63, 3.8) is 0 Å². The highest BCUT2D eigenvalue weighted by molar-refractivity contribution is 6.05. The predicted octanol–water partition coefficient (Wildman–Crippen LogP) is 5.21. The first-order valence-electron chi connectivity index (χ1n) is 10.0. The van der Waals surface area contributed by atoms with E-state index < -0.39 is 0 Å². The Bertz CT molecular complexity index is 1260. The van der Waals surface area contributed by atoms with E-state index in [1.807, 2.05) is 38.1 Å². The van der Waals surface area contributed by atoms with Gasteiger partial charge in [-0.05, 0) is 61.9 Å². The molecule has 7 heteroatoms. The summed E-state index contributed by atoms with van der Waals surface area (Å²) < 4.78 is 11.5. The van der Waals surface area contributed by atoms with Crippen LogP contribution in [-0.2, 0) is 0 Å². The molecule has 0 aliphatic rings. The quantitative estimate of drug-likeness (QED) is 0.456. The summed E-state index contributed by atoms with van der Waals surface area (Å²) >= 11 is 0. The lowest BCUT2D eigenvalue weighted by Crippen LogP contribution is -2.13. The van der Waals surface area contributed by atoms with Crippen LogP contribution in [-0.4, -0.2) is 28.0 Å². The van der Waals surface area contributed by atoms with Crippen molar-refractivity contribution in [1.82, 2.24) is 15.0 Å². The van der Waals surface area contributed by atoms with Gasteiger partial charge in [0, 0.05) is 29.2 Å². The molecule has 2 aromatic carbocycles. The molecule has 0 fully saturated rings. The average molecular weight is 426 g/mol. The van der Waals surface area contributed by atoms with Crippen molar-refractivity contribution in [2.75, 3.05) is 12.4 Å².